The van der Waals surface area contributed by atoms with Crippen LogP contribution in [-0.2, 0) is 9.59 Å². The van der Waals surface area contributed by atoms with Gasteiger partial charge in [-0.25, -0.2) is 4.98 Å². The van der Waals surface area contributed by atoms with E-state index in [9.17, 15) is 19.8 Å². The quantitative estimate of drug-likeness (QED) is 0.358. The molecule has 2 N–H and O–H groups in total. The molecule has 0 spiro atoms. The number of phenolic OH excluding ortho intramolecular Hbond substituents is 1. The topological polar surface area (TPSA) is 100.0 Å². The van der Waals surface area contributed by atoms with Gasteiger partial charge in [0.2, 0.25) is 0 Å². The van der Waals surface area contributed by atoms with E-state index in [0.29, 0.717) is 21.3 Å². The molecule has 0 radical (unpaired) electrons. The zero-order chi connectivity index (χ0) is 21.4. The van der Waals surface area contributed by atoms with E-state index in [1.165, 1.54) is 41.7 Å². The fraction of sp³-hybridized carbons (Fsp3) is 0.0952. The minimum atomic E-state index is -0.957. The van der Waals surface area contributed by atoms with Gasteiger partial charge in [0.05, 0.1) is 18.7 Å². The number of halogens is 1. The number of aromatic nitrogens is 1. The number of methoxy groups -OCH3 is 1. The lowest BCUT2D eigenvalue weighted by Gasteiger charge is -2.23. The number of Topliss-reactive ketones (excluding diaryl/α,β-unsaturated/α-hetero) is 1. The monoisotopic (exact) mass is 442 g/mol. The fourth-order valence-electron chi connectivity index (χ4n) is 3.31. The van der Waals surface area contributed by atoms with Gasteiger partial charge in [-0.1, -0.05) is 17.7 Å². The zero-order valence-corrected chi connectivity index (χ0v) is 17.1. The first-order valence-corrected chi connectivity index (χ1v) is 10.0. The minimum Gasteiger partial charge on any atom is -0.507 e. The molecule has 1 fully saturated rings. The number of aliphatic hydroxyl groups excluding tert-OH is 1. The summed E-state index contributed by atoms with van der Waals surface area (Å²) in [5, 5.41) is 23.4. The number of hydrogen-bond acceptors (Lipinski definition) is 7. The van der Waals surface area contributed by atoms with E-state index in [1.807, 2.05) is 0 Å². The van der Waals surface area contributed by atoms with Crippen LogP contribution in [0.15, 0.2) is 59.6 Å². The van der Waals surface area contributed by atoms with E-state index in [-0.39, 0.29) is 22.8 Å². The van der Waals surface area contributed by atoms with Crippen LogP contribution in [0.2, 0.25) is 5.02 Å². The normalized spacial score (nSPS) is 18.1. The van der Waals surface area contributed by atoms with Gasteiger partial charge in [-0.2, -0.15) is 0 Å². The predicted molar refractivity (Wildman–Crippen MR) is 113 cm³/mol. The van der Waals surface area contributed by atoms with Crippen molar-refractivity contribution in [1.29, 1.82) is 0 Å². The zero-order valence-electron chi connectivity index (χ0n) is 15.6. The van der Waals surface area contributed by atoms with Crippen LogP contribution in [0.4, 0.5) is 5.13 Å². The van der Waals surface area contributed by atoms with Crippen LogP contribution in [0.5, 0.6) is 11.5 Å². The van der Waals surface area contributed by atoms with E-state index >= 15 is 0 Å². The molecule has 0 aliphatic carbocycles. The lowest BCUT2D eigenvalue weighted by Crippen LogP contribution is -2.29. The summed E-state index contributed by atoms with van der Waals surface area (Å²) in [4.78, 5) is 31.3. The summed E-state index contributed by atoms with van der Waals surface area (Å²) in [5.74, 6) is -1.90. The first kappa shape index (κ1) is 19.9. The van der Waals surface area contributed by atoms with E-state index in [0.717, 1.165) is 0 Å². The summed E-state index contributed by atoms with van der Waals surface area (Å²) in [6.07, 6.45) is 1.52. The van der Waals surface area contributed by atoms with Crippen LogP contribution in [0.25, 0.3) is 5.76 Å². The third-order valence-electron chi connectivity index (χ3n) is 4.71. The summed E-state index contributed by atoms with van der Waals surface area (Å²) in [6, 6.07) is 9.79. The lowest BCUT2D eigenvalue weighted by atomic mass is 9.95. The van der Waals surface area contributed by atoms with Crippen molar-refractivity contribution < 1.29 is 24.5 Å². The molecule has 9 heteroatoms. The average molecular weight is 443 g/mol. The molecule has 1 aromatic heterocycles. The molecule has 2 aromatic carbocycles. The van der Waals surface area contributed by atoms with Crippen molar-refractivity contribution in [3.63, 3.8) is 0 Å². The Morgan fingerprint density at radius 1 is 1.20 bits per heavy atom. The van der Waals surface area contributed by atoms with E-state index in [1.54, 1.807) is 35.7 Å². The molecule has 3 aromatic rings. The largest absolute Gasteiger partial charge is 0.507 e. The van der Waals surface area contributed by atoms with Gasteiger partial charge in [-0.15, -0.1) is 11.3 Å². The molecule has 4 rings (SSSR count). The number of anilines is 1. The Bertz CT molecular complexity index is 1160. The Balaban J connectivity index is 1.95. The van der Waals surface area contributed by atoms with Crippen molar-refractivity contribution in [2.24, 2.45) is 0 Å². The van der Waals surface area contributed by atoms with Gasteiger partial charge in [0.15, 0.2) is 16.6 Å². The molecule has 152 valence electrons. The molecular weight excluding hydrogens is 428 g/mol. The van der Waals surface area contributed by atoms with Gasteiger partial charge in [-0.3, -0.25) is 14.5 Å². The van der Waals surface area contributed by atoms with Crippen LogP contribution >= 0.6 is 22.9 Å². The van der Waals surface area contributed by atoms with Crippen molar-refractivity contribution in [3.8, 4) is 11.5 Å². The second-order valence-corrected chi connectivity index (χ2v) is 7.73. The number of carbonyl (C=O) groups excluding carboxylic acids is 2. The van der Waals surface area contributed by atoms with Crippen LogP contribution in [0.1, 0.15) is 17.2 Å². The summed E-state index contributed by atoms with van der Waals surface area (Å²) in [6.45, 7) is 0. The number of benzene rings is 2. The highest BCUT2D eigenvalue weighted by Crippen LogP contribution is 2.44. The van der Waals surface area contributed by atoms with Gasteiger partial charge >= 0.3 is 5.91 Å². The van der Waals surface area contributed by atoms with Crippen LogP contribution in [0.3, 0.4) is 0 Å². The van der Waals surface area contributed by atoms with Crippen molar-refractivity contribution in [3.05, 3.63) is 75.8 Å². The Morgan fingerprint density at radius 3 is 2.57 bits per heavy atom. The molecule has 0 saturated carbocycles. The molecule has 1 aliphatic heterocycles. The smallest absolute Gasteiger partial charge is 0.301 e. The number of ketones is 1. The number of carbonyl (C=O) groups is 2. The minimum absolute atomic E-state index is 0.0923. The Kier molecular flexibility index (Phi) is 5.19. The highest BCUT2D eigenvalue weighted by Gasteiger charge is 2.48. The first-order valence-electron chi connectivity index (χ1n) is 8.75. The van der Waals surface area contributed by atoms with Crippen molar-refractivity contribution in [1.82, 2.24) is 4.98 Å². The van der Waals surface area contributed by atoms with E-state index in [2.05, 4.69) is 4.98 Å². The fourth-order valence-corrected chi connectivity index (χ4v) is 4.10. The predicted octanol–water partition coefficient (Wildman–Crippen LogP) is 4.14. The number of aliphatic hydroxyl groups is 1. The SMILES string of the molecule is COc1cc([C@@H]2/C(=C(\O)c3ccc(Cl)cc3)C(=O)C(=O)N2c2nccs2)ccc1O. The number of amides is 1. The Labute approximate surface area is 180 Å². The van der Waals surface area contributed by atoms with Crippen molar-refractivity contribution in [2.75, 3.05) is 12.0 Å². The molecule has 1 amide bonds. The van der Waals surface area contributed by atoms with Gasteiger partial charge in [0.1, 0.15) is 5.76 Å². The number of aromatic hydroxyl groups is 1. The van der Waals surface area contributed by atoms with Crippen molar-refractivity contribution in [2.45, 2.75) is 6.04 Å². The van der Waals surface area contributed by atoms with E-state index in [4.69, 9.17) is 16.3 Å². The lowest BCUT2D eigenvalue weighted by molar-refractivity contribution is -0.132. The third kappa shape index (κ3) is 3.30. The van der Waals surface area contributed by atoms with Gasteiger partial charge in [0.25, 0.3) is 5.78 Å². The molecule has 7 nitrogen and oxygen atoms in total. The van der Waals surface area contributed by atoms with Crippen molar-refractivity contribution >= 4 is 45.5 Å². The molecule has 30 heavy (non-hydrogen) atoms. The van der Waals surface area contributed by atoms with Gasteiger partial charge < -0.3 is 14.9 Å². The maximum Gasteiger partial charge on any atom is 0.301 e. The van der Waals surface area contributed by atoms with Gasteiger partial charge in [0, 0.05) is 22.2 Å². The highest BCUT2D eigenvalue weighted by atomic mass is 35.5. The summed E-state index contributed by atoms with van der Waals surface area (Å²) >= 11 is 7.11. The summed E-state index contributed by atoms with van der Waals surface area (Å²) in [5.41, 5.74) is 0.715. The molecule has 1 aliphatic rings. The second-order valence-electron chi connectivity index (χ2n) is 6.42. The van der Waals surface area contributed by atoms with Crippen LogP contribution in [0, 0.1) is 0 Å². The standard InChI is InChI=1S/C21H15ClN2O5S/c1-29-15-10-12(4-7-14(15)25)17-16(18(26)11-2-5-13(22)6-3-11)19(27)20(28)24(17)21-23-8-9-30-21/h2-10,17,25-26H,1H3/b18-16+/t17-/m1/s1. The number of rotatable bonds is 4. The number of phenols is 1. The van der Waals surface area contributed by atoms with Crippen LogP contribution < -0.4 is 9.64 Å². The molecule has 1 atom stereocenters. The maximum absolute atomic E-state index is 13.0. The number of ether oxygens (including phenoxy) is 1. The van der Waals surface area contributed by atoms with Gasteiger partial charge in [-0.05, 0) is 42.0 Å². The number of hydrogen-bond donors (Lipinski definition) is 2. The Morgan fingerprint density at radius 2 is 1.93 bits per heavy atom. The summed E-state index contributed by atoms with van der Waals surface area (Å²) < 4.78 is 5.17. The average Bonchev–Trinajstić information content (AvgIpc) is 3.35. The molecular formula is C21H15ClN2O5S. The molecule has 0 unspecified atom stereocenters. The first-order chi connectivity index (χ1) is 14.4. The highest BCUT2D eigenvalue weighted by molar-refractivity contribution is 7.14. The number of nitrogens with zero attached hydrogens (tertiary/aromatic N) is 2. The summed E-state index contributed by atoms with van der Waals surface area (Å²) in [7, 11) is 1.39. The second kappa shape index (κ2) is 7.81. The van der Waals surface area contributed by atoms with Crippen LogP contribution in [-0.4, -0.2) is 34.0 Å². The molecule has 2 heterocycles. The Hall–Kier alpha value is -3.36. The number of thiazole rings is 1. The molecule has 0 bridgehead atoms. The van der Waals surface area contributed by atoms with E-state index < -0.39 is 17.7 Å². The maximum atomic E-state index is 13.0. The molecule has 1 saturated heterocycles. The third-order valence-corrected chi connectivity index (χ3v) is 5.73.